The summed E-state index contributed by atoms with van der Waals surface area (Å²) in [4.78, 5) is 93.9. The van der Waals surface area contributed by atoms with E-state index in [1.165, 1.54) is 97.6 Å². The Balaban J connectivity index is 0. The first-order valence-corrected chi connectivity index (χ1v) is 21.2. The van der Waals surface area contributed by atoms with Crippen molar-refractivity contribution in [2.45, 2.75) is 0 Å². The summed E-state index contributed by atoms with van der Waals surface area (Å²) in [5.41, 5.74) is 0.642. The van der Waals surface area contributed by atoms with Crippen LogP contribution in [-0.4, -0.2) is 63.5 Å². The average Bonchev–Trinajstić information content (AvgIpc) is 3.49. The molecule has 8 rings (SSSR count). The Kier molecular flexibility index (Phi) is 37.2. The minimum Gasteiger partial charge on any atom is -0.545 e. The maximum Gasteiger partial charge on any atom is 2.00 e. The number of rotatable bonds is 8. The first-order chi connectivity index (χ1) is 38.2. The molecule has 30 heteroatoms. The Morgan fingerprint density at radius 1 is 0.329 bits per heavy atom. The van der Waals surface area contributed by atoms with E-state index in [1.54, 1.807) is 73.3 Å². The number of non-ortho nitro benzene ring substituents is 4. The van der Waals surface area contributed by atoms with Crippen LogP contribution in [0.2, 0.25) is 0 Å². The fourth-order valence-electron chi connectivity index (χ4n) is 4.70. The summed E-state index contributed by atoms with van der Waals surface area (Å²) in [7, 11) is 0. The molecule has 0 fully saturated rings. The molecule has 0 saturated carbocycles. The molecule has 400 valence electrons. The molecule has 0 aliphatic heterocycles. The zero-order valence-electron chi connectivity index (χ0n) is 41.8. The van der Waals surface area contributed by atoms with Gasteiger partial charge in [0.15, 0.2) is 0 Å². The van der Waals surface area contributed by atoms with E-state index in [-0.39, 0.29) is 99.6 Å². The molecule has 0 saturated heterocycles. The minimum atomic E-state index is -1.42. The first-order valence-electron chi connectivity index (χ1n) is 21.2. The van der Waals surface area contributed by atoms with E-state index in [0.717, 1.165) is 24.3 Å². The summed E-state index contributed by atoms with van der Waals surface area (Å²) in [6.45, 7) is 0. The topological polar surface area (TPSA) is 480 Å². The van der Waals surface area contributed by atoms with Crippen LogP contribution < -0.4 is 20.4 Å². The van der Waals surface area contributed by atoms with Gasteiger partial charge >= 0.3 is 54.6 Å². The summed E-state index contributed by atoms with van der Waals surface area (Å²) >= 11 is 0. The number of nitro benzene ring substituents is 4. The first kappa shape index (κ1) is 72.8. The third-order valence-corrected chi connectivity index (χ3v) is 8.33. The Hall–Kier alpha value is -11.2. The van der Waals surface area contributed by atoms with Gasteiger partial charge in [-0.2, -0.15) is 21.0 Å². The fourth-order valence-corrected chi connectivity index (χ4v) is 4.70. The SMILES string of the molecule is N#Cc1cccnc1.N#Cc1cccnc1.N#Cc1cccnc1.N#Cc1cccnc1.O=C([O-])c1cccc([N+](=O)[O-])c1.O=C([O-])c1cccc([N+](=O)[O-])c1.O=C([O-])c1cccc([N+](=O)[O-])c1.O=C([O-])c1cccc([N+](=O)[O-])c1.[Cd+2].[Cd+2]. The molecule has 4 aromatic carbocycles. The summed E-state index contributed by atoms with van der Waals surface area (Å²) in [6, 6.07) is 40.5. The van der Waals surface area contributed by atoms with E-state index < -0.39 is 43.6 Å². The Labute approximate surface area is 502 Å². The maximum atomic E-state index is 10.2. The van der Waals surface area contributed by atoms with Crippen molar-refractivity contribution >= 4 is 46.6 Å². The van der Waals surface area contributed by atoms with Crippen LogP contribution in [0.1, 0.15) is 63.7 Å². The second kappa shape index (κ2) is 41.9. The van der Waals surface area contributed by atoms with E-state index in [4.69, 9.17) is 21.0 Å². The summed E-state index contributed by atoms with van der Waals surface area (Å²) < 4.78 is 0. The third-order valence-electron chi connectivity index (χ3n) is 8.33. The number of aromatic carboxylic acids is 4. The Bertz CT molecular complexity index is 2970. The molecule has 4 aromatic heterocycles. The number of hydrogen-bond donors (Lipinski definition) is 0. The van der Waals surface area contributed by atoms with Gasteiger partial charge in [0.25, 0.3) is 22.7 Å². The van der Waals surface area contributed by atoms with Crippen molar-refractivity contribution in [1.82, 2.24) is 19.9 Å². The fraction of sp³-hybridized carbons (Fsp3) is 0. The van der Waals surface area contributed by atoms with Crippen molar-refractivity contribution in [3.05, 3.63) is 280 Å². The van der Waals surface area contributed by atoms with E-state index in [9.17, 15) is 80.1 Å². The van der Waals surface area contributed by atoms with Gasteiger partial charge < -0.3 is 39.6 Å². The van der Waals surface area contributed by atoms with Crippen LogP contribution in [0.15, 0.2) is 195 Å². The standard InChI is InChI=1S/4C7H5NO4.4C6H4N2.2Cd/c4*9-7(10)5-2-1-3-6(4-5)8(11)12;4*7-4-6-2-1-3-8-5-6;;/h4*1-4H,(H,9,10);4*1-3,5H;;/q;;;;;;;;2*+2/p-4. The van der Waals surface area contributed by atoms with Crippen molar-refractivity contribution in [3.8, 4) is 24.3 Å². The predicted octanol–water partition coefficient (Wildman–Crippen LogP) is 3.64. The molecule has 0 unspecified atom stereocenters. The number of hydrogen-bond acceptors (Lipinski definition) is 24. The van der Waals surface area contributed by atoms with E-state index in [1.807, 2.05) is 24.3 Å². The molecule has 0 atom stereocenters. The molecule has 0 N–H and O–H groups in total. The number of nitro groups is 4. The molecule has 0 radical (unpaired) electrons. The number of pyridine rings is 4. The van der Waals surface area contributed by atoms with Crippen LogP contribution in [0.4, 0.5) is 22.7 Å². The van der Waals surface area contributed by atoms with Crippen LogP contribution in [-0.2, 0) is 54.6 Å². The van der Waals surface area contributed by atoms with Crippen molar-refractivity contribution in [1.29, 1.82) is 21.0 Å². The van der Waals surface area contributed by atoms with E-state index >= 15 is 0 Å². The number of carbonyl (C=O) groups is 4. The maximum absolute atomic E-state index is 10.2. The number of carbonyl (C=O) groups excluding carboxylic acids is 4. The minimum absolute atomic E-state index is 0. The zero-order valence-corrected chi connectivity index (χ0v) is 49.9. The van der Waals surface area contributed by atoms with Crippen molar-refractivity contribution in [2.24, 2.45) is 0 Å². The van der Waals surface area contributed by atoms with Gasteiger partial charge in [-0.3, -0.25) is 60.4 Å². The summed E-state index contributed by atoms with van der Waals surface area (Å²) in [5, 5.41) is 115. The van der Waals surface area contributed by atoms with Gasteiger partial charge in [-0.05, 0) is 48.5 Å². The third kappa shape index (κ3) is 31.1. The molecular weight excluding hydrogens is 1270 g/mol. The van der Waals surface area contributed by atoms with Gasteiger partial charge in [-0.25, -0.2) is 0 Å². The van der Waals surface area contributed by atoms with Gasteiger partial charge in [-0.1, -0.05) is 48.5 Å². The molecule has 0 aliphatic carbocycles. The summed E-state index contributed by atoms with van der Waals surface area (Å²) in [6.07, 6.45) is 12.7. The average molecular weight is 1310 g/mol. The molecule has 4 heterocycles. The molecule has 28 nitrogen and oxygen atoms in total. The second-order valence-corrected chi connectivity index (χ2v) is 13.8. The smallest absolute Gasteiger partial charge is 0.545 e. The normalized spacial score (nSPS) is 8.54. The van der Waals surface area contributed by atoms with Crippen molar-refractivity contribution < 1.29 is 114 Å². The molecule has 0 aliphatic rings. The number of benzene rings is 4. The van der Waals surface area contributed by atoms with Crippen LogP contribution in [0.3, 0.4) is 0 Å². The van der Waals surface area contributed by atoms with E-state index in [0.29, 0.717) is 22.3 Å². The quantitative estimate of drug-likeness (QED) is 0.119. The van der Waals surface area contributed by atoms with Gasteiger partial charge in [0.05, 0.1) is 65.8 Å². The van der Waals surface area contributed by atoms with Crippen molar-refractivity contribution in [3.63, 3.8) is 0 Å². The molecule has 0 bridgehead atoms. The number of carboxylic acids is 4. The number of nitriles is 4. The van der Waals surface area contributed by atoms with Gasteiger partial charge in [0.1, 0.15) is 24.3 Å². The van der Waals surface area contributed by atoms with Gasteiger partial charge in [0, 0.05) is 120 Å². The predicted molar refractivity (Wildman–Crippen MR) is 266 cm³/mol. The second-order valence-electron chi connectivity index (χ2n) is 13.8. The molecule has 82 heavy (non-hydrogen) atoms. The summed E-state index contributed by atoms with van der Waals surface area (Å²) in [5.74, 6) is -5.67. The molecule has 0 spiro atoms. The van der Waals surface area contributed by atoms with Gasteiger partial charge in [0.2, 0.25) is 0 Å². The monoisotopic (exact) mass is 1310 g/mol. The zero-order chi connectivity index (χ0) is 59.8. The van der Waals surface area contributed by atoms with Crippen LogP contribution in [0.5, 0.6) is 0 Å². The largest absolute Gasteiger partial charge is 2.00 e. The number of nitrogens with zero attached hydrogens (tertiary/aromatic N) is 12. The Morgan fingerprint density at radius 3 is 0.622 bits per heavy atom. The molecular formula is C52H32Cd2N12O16. The van der Waals surface area contributed by atoms with Crippen LogP contribution >= 0.6 is 0 Å². The number of aromatic nitrogens is 4. The van der Waals surface area contributed by atoms with Gasteiger partial charge in [-0.15, -0.1) is 0 Å². The molecule has 0 amide bonds. The van der Waals surface area contributed by atoms with Crippen molar-refractivity contribution in [2.75, 3.05) is 0 Å². The van der Waals surface area contributed by atoms with Crippen LogP contribution in [0, 0.1) is 85.8 Å². The molecule has 8 aromatic rings. The number of carboxylic acid groups (broad SMARTS) is 4. The Morgan fingerprint density at radius 2 is 0.512 bits per heavy atom. The van der Waals surface area contributed by atoms with Crippen LogP contribution in [0.25, 0.3) is 0 Å². The van der Waals surface area contributed by atoms with E-state index in [2.05, 4.69) is 19.9 Å².